The minimum absolute atomic E-state index is 0.00747. The van der Waals surface area contributed by atoms with Crippen LogP contribution in [0.15, 0.2) is 40.1 Å². The van der Waals surface area contributed by atoms with Crippen LogP contribution >= 0.6 is 0 Å². The number of benzene rings is 1. The number of anilines is 1. The third-order valence-corrected chi connectivity index (χ3v) is 4.25. The maximum absolute atomic E-state index is 12.8. The lowest BCUT2D eigenvalue weighted by atomic mass is 9.92. The van der Waals surface area contributed by atoms with Crippen molar-refractivity contribution in [3.8, 4) is 11.8 Å². The molecule has 5 nitrogen and oxygen atoms in total. The van der Waals surface area contributed by atoms with E-state index in [1.54, 1.807) is 4.57 Å². The van der Waals surface area contributed by atoms with Crippen molar-refractivity contribution in [2.75, 3.05) is 18.4 Å². The van der Waals surface area contributed by atoms with Crippen LogP contribution in [0.1, 0.15) is 33.3 Å². The van der Waals surface area contributed by atoms with E-state index in [1.165, 1.54) is 0 Å². The summed E-state index contributed by atoms with van der Waals surface area (Å²) in [5, 5.41) is 3.90. The maximum atomic E-state index is 12.8. The molecule has 0 radical (unpaired) electrons. The van der Waals surface area contributed by atoms with Crippen molar-refractivity contribution in [1.82, 2.24) is 9.55 Å². The zero-order valence-corrected chi connectivity index (χ0v) is 15.8. The summed E-state index contributed by atoms with van der Waals surface area (Å²) in [5.41, 5.74) is 2.25. The molecule has 0 amide bonds. The summed E-state index contributed by atoms with van der Waals surface area (Å²) in [6.07, 6.45) is 3.82. The van der Waals surface area contributed by atoms with E-state index in [2.05, 4.69) is 41.0 Å². The lowest BCUT2D eigenvalue weighted by Gasteiger charge is -2.32. The molecule has 0 saturated carbocycles. The molecule has 0 unspecified atom stereocenters. The van der Waals surface area contributed by atoms with Gasteiger partial charge in [-0.2, -0.15) is 0 Å². The minimum Gasteiger partial charge on any atom is -0.355 e. The number of fused-ring (bicyclic) bond motifs is 2. The highest BCUT2D eigenvalue weighted by molar-refractivity contribution is 6.09. The summed E-state index contributed by atoms with van der Waals surface area (Å²) in [4.78, 5) is 21.8. The maximum Gasteiger partial charge on any atom is 0.262 e. The molecule has 0 saturated heterocycles. The highest BCUT2D eigenvalue weighted by atomic mass is 16.1. The average molecular weight is 348 g/mol. The Balaban J connectivity index is 2.04. The molecule has 0 fully saturated rings. The van der Waals surface area contributed by atoms with E-state index in [0.717, 1.165) is 17.8 Å². The van der Waals surface area contributed by atoms with Gasteiger partial charge in [0.25, 0.3) is 5.56 Å². The number of rotatable bonds is 2. The Bertz CT molecular complexity index is 1020. The third kappa shape index (κ3) is 3.70. The van der Waals surface area contributed by atoms with Gasteiger partial charge in [-0.3, -0.25) is 14.4 Å². The molecule has 1 aromatic carbocycles. The Hall–Kier alpha value is -2.87. The zero-order chi connectivity index (χ0) is 18.7. The molecular weight excluding hydrogens is 324 g/mol. The predicted octanol–water partition coefficient (Wildman–Crippen LogP) is 3.24. The second kappa shape index (κ2) is 7.17. The first-order valence-electron chi connectivity index (χ1n) is 8.91. The van der Waals surface area contributed by atoms with Crippen LogP contribution in [-0.2, 0) is 6.54 Å². The van der Waals surface area contributed by atoms with Crippen LogP contribution in [0, 0.1) is 17.3 Å². The standard InChI is InChI=1S/C21H24N4O/c1-5-7-16(22-6-2)10-8-15-9-11-17-18(12-15)24-20-23-13-21(3,4)14-25(20)19(17)26/h5,7,9,11-12H,6,13-14H2,1-4H3,(H,23,24)/b7-5-,22-16?. The first-order valence-corrected chi connectivity index (χ1v) is 8.91. The van der Waals surface area contributed by atoms with Crippen LogP contribution in [0.3, 0.4) is 0 Å². The first-order chi connectivity index (χ1) is 12.4. The van der Waals surface area contributed by atoms with Crippen molar-refractivity contribution >= 4 is 22.6 Å². The third-order valence-electron chi connectivity index (χ3n) is 4.25. The van der Waals surface area contributed by atoms with Crippen molar-refractivity contribution in [3.63, 3.8) is 0 Å². The molecule has 1 aromatic heterocycles. The van der Waals surface area contributed by atoms with Gasteiger partial charge in [-0.15, -0.1) is 0 Å². The second-order valence-corrected chi connectivity index (χ2v) is 7.19. The van der Waals surface area contributed by atoms with E-state index in [1.807, 2.05) is 44.2 Å². The Kier molecular flexibility index (Phi) is 4.94. The molecule has 0 aliphatic carbocycles. The molecule has 0 bridgehead atoms. The van der Waals surface area contributed by atoms with Crippen LogP contribution in [-0.4, -0.2) is 28.4 Å². The van der Waals surface area contributed by atoms with Gasteiger partial charge in [-0.1, -0.05) is 25.8 Å². The van der Waals surface area contributed by atoms with Gasteiger partial charge in [0.1, 0.15) is 5.71 Å². The van der Waals surface area contributed by atoms with Crippen molar-refractivity contribution in [3.05, 3.63) is 46.3 Å². The highest BCUT2D eigenvalue weighted by Crippen LogP contribution is 2.25. The minimum atomic E-state index is -0.00747. The van der Waals surface area contributed by atoms with E-state index < -0.39 is 0 Å². The summed E-state index contributed by atoms with van der Waals surface area (Å²) in [5.74, 6) is 6.83. The number of nitrogens with one attached hydrogen (secondary N) is 1. The number of allylic oxidation sites excluding steroid dienone is 2. The average Bonchev–Trinajstić information content (AvgIpc) is 2.60. The van der Waals surface area contributed by atoms with Crippen LogP contribution in [0.25, 0.3) is 10.9 Å². The molecule has 2 aromatic rings. The van der Waals surface area contributed by atoms with Gasteiger partial charge in [0.2, 0.25) is 5.95 Å². The molecule has 134 valence electrons. The molecule has 1 aliphatic heterocycles. The van der Waals surface area contributed by atoms with Crippen LogP contribution in [0.4, 0.5) is 5.95 Å². The van der Waals surface area contributed by atoms with Gasteiger partial charge in [-0.25, -0.2) is 4.98 Å². The van der Waals surface area contributed by atoms with E-state index in [-0.39, 0.29) is 11.0 Å². The molecule has 0 spiro atoms. The largest absolute Gasteiger partial charge is 0.355 e. The summed E-state index contributed by atoms with van der Waals surface area (Å²) < 4.78 is 1.73. The fourth-order valence-corrected chi connectivity index (χ4v) is 2.98. The quantitative estimate of drug-likeness (QED) is 0.669. The predicted molar refractivity (Wildman–Crippen MR) is 108 cm³/mol. The van der Waals surface area contributed by atoms with Crippen molar-refractivity contribution < 1.29 is 0 Å². The Morgan fingerprint density at radius 1 is 1.46 bits per heavy atom. The summed E-state index contributed by atoms with van der Waals surface area (Å²) in [6.45, 7) is 10.4. The van der Waals surface area contributed by atoms with E-state index >= 15 is 0 Å². The van der Waals surface area contributed by atoms with Crippen LogP contribution in [0.5, 0.6) is 0 Å². The molecule has 5 heteroatoms. The normalized spacial score (nSPS) is 16.1. The topological polar surface area (TPSA) is 59.3 Å². The lowest BCUT2D eigenvalue weighted by molar-refractivity contribution is 0.303. The molecule has 26 heavy (non-hydrogen) atoms. The lowest BCUT2D eigenvalue weighted by Crippen LogP contribution is -2.40. The van der Waals surface area contributed by atoms with E-state index in [4.69, 9.17) is 0 Å². The van der Waals surface area contributed by atoms with Crippen LogP contribution in [0.2, 0.25) is 0 Å². The summed E-state index contributed by atoms with van der Waals surface area (Å²) in [7, 11) is 0. The Morgan fingerprint density at radius 2 is 2.27 bits per heavy atom. The van der Waals surface area contributed by atoms with Crippen molar-refractivity contribution in [1.29, 1.82) is 0 Å². The van der Waals surface area contributed by atoms with Gasteiger partial charge in [0, 0.05) is 30.6 Å². The first kappa shape index (κ1) is 17.9. The number of aliphatic imine (C=N–C) groups is 1. The summed E-state index contributed by atoms with van der Waals surface area (Å²) >= 11 is 0. The monoisotopic (exact) mass is 348 g/mol. The van der Waals surface area contributed by atoms with E-state index in [0.29, 0.717) is 29.9 Å². The fraction of sp³-hybridized carbons (Fsp3) is 0.381. The SMILES string of the molecule is C/C=C\C(C#Cc1ccc2c(=O)n3c(nc2c1)NCC(C)(C)C3)=NCC. The Morgan fingerprint density at radius 3 is 3.00 bits per heavy atom. The van der Waals surface area contributed by atoms with Gasteiger partial charge in [-0.05, 0) is 44.0 Å². The van der Waals surface area contributed by atoms with Crippen molar-refractivity contribution in [2.45, 2.75) is 34.2 Å². The number of hydrogen-bond acceptors (Lipinski definition) is 4. The molecular formula is C21H24N4O. The van der Waals surface area contributed by atoms with Gasteiger partial charge in [0.05, 0.1) is 10.9 Å². The number of hydrogen-bond donors (Lipinski definition) is 1. The van der Waals surface area contributed by atoms with Crippen molar-refractivity contribution in [2.24, 2.45) is 10.4 Å². The van der Waals surface area contributed by atoms with Gasteiger partial charge < -0.3 is 5.32 Å². The highest BCUT2D eigenvalue weighted by Gasteiger charge is 2.27. The Labute approximate surface area is 153 Å². The molecule has 3 rings (SSSR count). The second-order valence-electron chi connectivity index (χ2n) is 7.19. The molecule has 0 atom stereocenters. The molecule has 1 aliphatic rings. The fourth-order valence-electron chi connectivity index (χ4n) is 2.98. The number of nitrogens with zero attached hydrogens (tertiary/aromatic N) is 3. The number of aromatic nitrogens is 2. The molecule has 2 heterocycles. The van der Waals surface area contributed by atoms with Gasteiger partial charge >= 0.3 is 0 Å². The zero-order valence-electron chi connectivity index (χ0n) is 15.8. The van der Waals surface area contributed by atoms with Crippen LogP contribution < -0.4 is 10.9 Å². The summed E-state index contributed by atoms with van der Waals surface area (Å²) in [6, 6.07) is 5.55. The smallest absolute Gasteiger partial charge is 0.262 e. The van der Waals surface area contributed by atoms with Gasteiger partial charge in [0.15, 0.2) is 0 Å². The molecule has 1 N–H and O–H groups in total. The van der Waals surface area contributed by atoms with E-state index in [9.17, 15) is 4.79 Å².